The van der Waals surface area contributed by atoms with Crippen LogP contribution in [0.2, 0.25) is 0 Å². The van der Waals surface area contributed by atoms with Gasteiger partial charge >= 0.3 is 0 Å². The molecule has 0 saturated carbocycles. The first-order valence-electron chi connectivity index (χ1n) is 9.34. The minimum Gasteiger partial charge on any atom is -0.335 e. The summed E-state index contributed by atoms with van der Waals surface area (Å²) < 4.78 is 0. The molecule has 4 heteroatoms. The van der Waals surface area contributed by atoms with Gasteiger partial charge in [-0.3, -0.25) is 4.79 Å². The maximum absolute atomic E-state index is 13.3. The van der Waals surface area contributed by atoms with E-state index in [1.54, 1.807) is 0 Å². The molecular weight excluding hydrogens is 344 g/mol. The zero-order chi connectivity index (χ0) is 17.6. The Kier molecular flexibility index (Phi) is 7.67. The summed E-state index contributed by atoms with van der Waals surface area (Å²) in [5.41, 5.74) is 8.68. The van der Waals surface area contributed by atoms with Gasteiger partial charge in [0, 0.05) is 12.6 Å². The molecule has 3 unspecified atom stereocenters. The fourth-order valence-electron chi connectivity index (χ4n) is 3.77. The summed E-state index contributed by atoms with van der Waals surface area (Å²) in [4.78, 5) is 15.4. The van der Waals surface area contributed by atoms with Crippen molar-refractivity contribution < 1.29 is 4.79 Å². The van der Waals surface area contributed by atoms with Crippen molar-refractivity contribution >= 4 is 18.3 Å². The highest BCUT2D eigenvalue weighted by Crippen LogP contribution is 2.33. The van der Waals surface area contributed by atoms with E-state index in [1.807, 2.05) is 43.3 Å². The van der Waals surface area contributed by atoms with E-state index in [2.05, 4.69) is 29.2 Å². The summed E-state index contributed by atoms with van der Waals surface area (Å²) >= 11 is 0. The smallest absolute Gasteiger partial charge is 0.227 e. The number of carbonyl (C=O) groups is 1. The van der Waals surface area contributed by atoms with Crippen LogP contribution in [0.3, 0.4) is 0 Å². The number of amides is 1. The third-order valence-electron chi connectivity index (χ3n) is 5.33. The number of likely N-dealkylation sites (tertiary alicyclic amines) is 1. The number of hydrogen-bond acceptors (Lipinski definition) is 2. The highest BCUT2D eigenvalue weighted by atomic mass is 35.5. The molecule has 2 aromatic carbocycles. The molecule has 0 bridgehead atoms. The molecule has 2 N–H and O–H groups in total. The Morgan fingerprint density at radius 1 is 1.00 bits per heavy atom. The van der Waals surface area contributed by atoms with E-state index in [4.69, 9.17) is 5.73 Å². The van der Waals surface area contributed by atoms with Gasteiger partial charge in [-0.05, 0) is 24.0 Å². The Hall–Kier alpha value is -1.84. The second-order valence-corrected chi connectivity index (χ2v) is 7.03. The number of carbonyl (C=O) groups excluding carboxylic acids is 1. The van der Waals surface area contributed by atoms with Crippen LogP contribution in [0.1, 0.15) is 55.8 Å². The molecule has 1 aliphatic heterocycles. The Bertz CT molecular complexity index is 677. The lowest BCUT2D eigenvalue weighted by Gasteiger charge is -2.34. The van der Waals surface area contributed by atoms with Crippen LogP contribution in [0.4, 0.5) is 0 Å². The molecule has 2 aromatic rings. The minimum atomic E-state index is -0.270. The number of nitrogens with zero attached hydrogens (tertiary/aromatic N) is 1. The number of benzene rings is 2. The molecule has 1 saturated heterocycles. The third kappa shape index (κ3) is 4.66. The first kappa shape index (κ1) is 20.5. The van der Waals surface area contributed by atoms with Gasteiger partial charge < -0.3 is 10.6 Å². The van der Waals surface area contributed by atoms with Crippen LogP contribution < -0.4 is 5.73 Å². The molecule has 1 amide bonds. The second-order valence-electron chi connectivity index (χ2n) is 7.03. The Labute approximate surface area is 163 Å². The molecule has 3 rings (SSSR count). The average Bonchev–Trinajstić information content (AvgIpc) is 2.93. The summed E-state index contributed by atoms with van der Waals surface area (Å²) in [5.74, 6) is -0.0566. The van der Waals surface area contributed by atoms with E-state index >= 15 is 0 Å². The highest BCUT2D eigenvalue weighted by Gasteiger charge is 2.32. The van der Waals surface area contributed by atoms with E-state index in [9.17, 15) is 4.79 Å². The van der Waals surface area contributed by atoms with Crippen molar-refractivity contribution in [2.75, 3.05) is 6.54 Å². The summed E-state index contributed by atoms with van der Waals surface area (Å²) in [7, 11) is 0. The SMILES string of the molecule is CC(C(=O)N1CCCCCC1c1ccccc1)C(N)c1ccccc1.Cl. The molecule has 3 nitrogen and oxygen atoms in total. The van der Waals surface area contributed by atoms with E-state index in [1.165, 1.54) is 18.4 Å². The van der Waals surface area contributed by atoms with Crippen molar-refractivity contribution in [2.45, 2.75) is 44.7 Å². The predicted octanol–water partition coefficient (Wildman–Crippen LogP) is 4.89. The molecule has 1 fully saturated rings. The lowest BCUT2D eigenvalue weighted by Crippen LogP contribution is -2.41. The van der Waals surface area contributed by atoms with Gasteiger partial charge in [-0.1, -0.05) is 80.4 Å². The van der Waals surface area contributed by atoms with E-state index in [0.29, 0.717) is 0 Å². The molecule has 0 aliphatic carbocycles. The average molecular weight is 373 g/mol. The first-order chi connectivity index (χ1) is 12.2. The van der Waals surface area contributed by atoms with Gasteiger partial charge in [-0.2, -0.15) is 0 Å². The van der Waals surface area contributed by atoms with Crippen LogP contribution in [0.5, 0.6) is 0 Å². The largest absolute Gasteiger partial charge is 0.335 e. The normalized spacial score (nSPS) is 19.8. The molecule has 1 aliphatic rings. The van der Waals surface area contributed by atoms with Gasteiger partial charge in [0.25, 0.3) is 0 Å². The topological polar surface area (TPSA) is 46.3 Å². The van der Waals surface area contributed by atoms with Gasteiger partial charge in [0.2, 0.25) is 5.91 Å². The fourth-order valence-corrected chi connectivity index (χ4v) is 3.77. The summed E-state index contributed by atoms with van der Waals surface area (Å²) in [6, 6.07) is 20.3. The van der Waals surface area contributed by atoms with Crippen molar-refractivity contribution in [3.63, 3.8) is 0 Å². The minimum absolute atomic E-state index is 0. The van der Waals surface area contributed by atoms with Crippen LogP contribution in [-0.2, 0) is 4.79 Å². The van der Waals surface area contributed by atoms with Gasteiger partial charge in [0.05, 0.1) is 12.0 Å². The Morgan fingerprint density at radius 2 is 1.62 bits per heavy atom. The molecule has 26 heavy (non-hydrogen) atoms. The molecule has 3 atom stereocenters. The lowest BCUT2D eigenvalue weighted by atomic mass is 9.92. The van der Waals surface area contributed by atoms with Crippen molar-refractivity contribution in [1.82, 2.24) is 4.90 Å². The molecular formula is C22H29ClN2O. The van der Waals surface area contributed by atoms with Crippen LogP contribution in [0, 0.1) is 5.92 Å². The molecule has 0 spiro atoms. The van der Waals surface area contributed by atoms with Gasteiger partial charge in [0.15, 0.2) is 0 Å². The van der Waals surface area contributed by atoms with Crippen LogP contribution >= 0.6 is 12.4 Å². The monoisotopic (exact) mass is 372 g/mol. The summed E-state index contributed by atoms with van der Waals surface area (Å²) in [6.07, 6.45) is 4.46. The van der Waals surface area contributed by atoms with E-state index in [-0.39, 0.29) is 36.3 Å². The van der Waals surface area contributed by atoms with Crippen LogP contribution in [-0.4, -0.2) is 17.4 Å². The van der Waals surface area contributed by atoms with Crippen LogP contribution in [0.15, 0.2) is 60.7 Å². The molecule has 140 valence electrons. The van der Waals surface area contributed by atoms with Crippen LogP contribution in [0.25, 0.3) is 0 Å². The zero-order valence-electron chi connectivity index (χ0n) is 15.4. The van der Waals surface area contributed by atoms with E-state index in [0.717, 1.165) is 24.9 Å². The number of halogens is 1. The van der Waals surface area contributed by atoms with Crippen molar-refractivity contribution in [1.29, 1.82) is 0 Å². The second kappa shape index (κ2) is 9.75. The molecule has 1 heterocycles. The van der Waals surface area contributed by atoms with Gasteiger partial charge in [-0.15, -0.1) is 12.4 Å². The highest BCUT2D eigenvalue weighted by molar-refractivity contribution is 5.85. The zero-order valence-corrected chi connectivity index (χ0v) is 16.2. The lowest BCUT2D eigenvalue weighted by molar-refractivity contribution is -0.138. The van der Waals surface area contributed by atoms with Gasteiger partial charge in [-0.25, -0.2) is 0 Å². The van der Waals surface area contributed by atoms with Crippen molar-refractivity contribution in [3.8, 4) is 0 Å². The standard InChI is InChI=1S/C22H28N2O.ClH/c1-17(21(23)19-13-7-3-8-14-19)22(25)24-16-10-4-9-15-20(24)18-11-5-2-6-12-18;/h2-3,5-8,11-14,17,20-21H,4,9-10,15-16,23H2,1H3;1H. The predicted molar refractivity (Wildman–Crippen MR) is 109 cm³/mol. The fraction of sp³-hybridized carbons (Fsp3) is 0.409. The maximum atomic E-state index is 13.3. The number of hydrogen-bond donors (Lipinski definition) is 1. The van der Waals surface area contributed by atoms with Crippen molar-refractivity contribution in [2.24, 2.45) is 11.7 Å². The Balaban J connectivity index is 0.00000243. The number of nitrogens with two attached hydrogens (primary N) is 1. The Morgan fingerprint density at radius 3 is 2.27 bits per heavy atom. The maximum Gasteiger partial charge on any atom is 0.227 e. The third-order valence-corrected chi connectivity index (χ3v) is 5.33. The van der Waals surface area contributed by atoms with Crippen molar-refractivity contribution in [3.05, 3.63) is 71.8 Å². The first-order valence-corrected chi connectivity index (χ1v) is 9.34. The summed E-state index contributed by atoms with van der Waals surface area (Å²) in [6.45, 7) is 2.79. The number of rotatable bonds is 4. The van der Waals surface area contributed by atoms with E-state index < -0.39 is 0 Å². The quantitative estimate of drug-likeness (QED) is 0.830. The summed E-state index contributed by atoms with van der Waals surface area (Å²) in [5, 5.41) is 0. The van der Waals surface area contributed by atoms with Gasteiger partial charge in [0.1, 0.15) is 0 Å². The molecule has 0 aromatic heterocycles. The molecule has 0 radical (unpaired) electrons.